The molecule has 21 heavy (non-hydrogen) atoms. The van der Waals surface area contributed by atoms with Crippen molar-refractivity contribution >= 4 is 11.9 Å². The fourth-order valence-electron chi connectivity index (χ4n) is 1.95. The molecule has 4 heteroatoms. The molecule has 0 saturated heterocycles. The predicted molar refractivity (Wildman–Crippen MR) is 78.8 cm³/mol. The summed E-state index contributed by atoms with van der Waals surface area (Å²) in [5, 5.41) is 9.72. The molecule has 0 heterocycles. The van der Waals surface area contributed by atoms with Crippen molar-refractivity contribution in [3.05, 3.63) is 65.5 Å². The third-order valence-electron chi connectivity index (χ3n) is 3.11. The molecule has 0 atom stereocenters. The number of halogens is 1. The van der Waals surface area contributed by atoms with Gasteiger partial charge in [-0.3, -0.25) is 4.79 Å². The lowest BCUT2D eigenvalue weighted by Crippen LogP contribution is -1.91. The molecule has 0 fully saturated rings. The molecule has 0 bridgehead atoms. The summed E-state index contributed by atoms with van der Waals surface area (Å²) < 4.78 is 18.3. The highest BCUT2D eigenvalue weighted by Crippen LogP contribution is 2.25. The molecular formula is C17H15FO3. The normalized spacial score (nSPS) is 11.2. The summed E-state index contributed by atoms with van der Waals surface area (Å²) in [6.07, 6.45) is 2.76. The predicted octanol–water partition coefficient (Wildman–Crippen LogP) is 3.36. The molecule has 1 N–H and O–H groups in total. The van der Waals surface area contributed by atoms with Crippen LogP contribution >= 0.6 is 0 Å². The SMILES string of the molecule is COc1ccc(CC=C(C=O)c2cc(F)ccc2O)cc1. The van der Waals surface area contributed by atoms with Gasteiger partial charge >= 0.3 is 0 Å². The molecule has 0 amide bonds. The average molecular weight is 286 g/mol. The second kappa shape index (κ2) is 6.70. The molecule has 0 saturated carbocycles. The summed E-state index contributed by atoms with van der Waals surface area (Å²) in [5.41, 5.74) is 1.42. The minimum atomic E-state index is -0.500. The van der Waals surface area contributed by atoms with Crippen molar-refractivity contribution in [3.63, 3.8) is 0 Å². The van der Waals surface area contributed by atoms with E-state index in [1.165, 1.54) is 6.07 Å². The third-order valence-corrected chi connectivity index (χ3v) is 3.11. The van der Waals surface area contributed by atoms with Crippen molar-refractivity contribution in [2.75, 3.05) is 7.11 Å². The number of methoxy groups -OCH3 is 1. The van der Waals surface area contributed by atoms with Crippen LogP contribution in [-0.2, 0) is 11.2 Å². The molecule has 2 aromatic rings. The van der Waals surface area contributed by atoms with E-state index in [1.807, 2.05) is 24.3 Å². The standard InChI is InChI=1S/C17H15FO3/c1-21-15-7-3-12(4-8-15)2-5-13(11-19)16-10-14(18)6-9-17(16)20/h3-11,20H,2H2,1H3. The van der Waals surface area contributed by atoms with Gasteiger partial charge in [-0.2, -0.15) is 0 Å². The van der Waals surface area contributed by atoms with Gasteiger partial charge in [0.2, 0.25) is 0 Å². The zero-order chi connectivity index (χ0) is 15.2. The van der Waals surface area contributed by atoms with Crippen LogP contribution in [-0.4, -0.2) is 18.5 Å². The minimum Gasteiger partial charge on any atom is -0.507 e. The topological polar surface area (TPSA) is 46.5 Å². The number of hydrogen-bond acceptors (Lipinski definition) is 3. The van der Waals surface area contributed by atoms with Crippen LogP contribution in [0.25, 0.3) is 5.57 Å². The number of phenolic OH excluding ortho intramolecular Hbond substituents is 1. The van der Waals surface area contributed by atoms with Crippen LogP contribution in [0.1, 0.15) is 11.1 Å². The van der Waals surface area contributed by atoms with Crippen LogP contribution in [0, 0.1) is 5.82 Å². The first-order valence-electron chi connectivity index (χ1n) is 6.41. The summed E-state index contributed by atoms with van der Waals surface area (Å²) in [6.45, 7) is 0. The largest absolute Gasteiger partial charge is 0.507 e. The zero-order valence-corrected chi connectivity index (χ0v) is 11.5. The first kappa shape index (κ1) is 14.8. The second-order valence-electron chi connectivity index (χ2n) is 4.49. The Kier molecular flexibility index (Phi) is 4.72. The van der Waals surface area contributed by atoms with Crippen molar-refractivity contribution in [2.45, 2.75) is 6.42 Å². The molecule has 108 valence electrons. The summed E-state index contributed by atoms with van der Waals surface area (Å²) in [4.78, 5) is 11.2. The van der Waals surface area contributed by atoms with E-state index in [9.17, 15) is 14.3 Å². The molecular weight excluding hydrogens is 271 g/mol. The van der Waals surface area contributed by atoms with Gasteiger partial charge < -0.3 is 9.84 Å². The Bertz CT molecular complexity index is 660. The van der Waals surface area contributed by atoms with Gasteiger partial charge in [-0.1, -0.05) is 18.2 Å². The van der Waals surface area contributed by atoms with Gasteiger partial charge in [0.1, 0.15) is 23.6 Å². The molecule has 2 aromatic carbocycles. The molecule has 0 radical (unpaired) electrons. The lowest BCUT2D eigenvalue weighted by molar-refractivity contribution is -0.103. The summed E-state index contributed by atoms with van der Waals surface area (Å²) in [7, 11) is 1.59. The smallest absolute Gasteiger partial charge is 0.150 e. The van der Waals surface area contributed by atoms with Crippen molar-refractivity contribution < 1.29 is 19.0 Å². The number of phenols is 1. The molecule has 0 aromatic heterocycles. The van der Waals surface area contributed by atoms with Gasteiger partial charge in [0.25, 0.3) is 0 Å². The number of ether oxygens (including phenoxy) is 1. The van der Waals surface area contributed by atoms with Crippen LogP contribution in [0.4, 0.5) is 4.39 Å². The van der Waals surface area contributed by atoms with Crippen molar-refractivity contribution in [1.82, 2.24) is 0 Å². The van der Waals surface area contributed by atoms with Crippen LogP contribution in [0.15, 0.2) is 48.5 Å². The fraction of sp³-hybridized carbons (Fsp3) is 0.118. The minimum absolute atomic E-state index is 0.121. The van der Waals surface area contributed by atoms with E-state index < -0.39 is 5.82 Å². The summed E-state index contributed by atoms with van der Waals surface area (Å²) in [5.74, 6) is 0.130. The monoisotopic (exact) mass is 286 g/mol. The number of allylic oxidation sites excluding steroid dienone is 2. The Morgan fingerprint density at radius 1 is 1.24 bits per heavy atom. The molecule has 0 unspecified atom stereocenters. The highest BCUT2D eigenvalue weighted by Gasteiger charge is 2.08. The number of aromatic hydroxyl groups is 1. The maximum atomic E-state index is 13.2. The van der Waals surface area contributed by atoms with Gasteiger partial charge in [0.15, 0.2) is 0 Å². The molecule has 0 aliphatic rings. The van der Waals surface area contributed by atoms with Crippen LogP contribution < -0.4 is 4.74 Å². The van der Waals surface area contributed by atoms with Crippen molar-refractivity contribution in [2.24, 2.45) is 0 Å². The lowest BCUT2D eigenvalue weighted by Gasteiger charge is -2.05. The van der Waals surface area contributed by atoms with Gasteiger partial charge in [-0.15, -0.1) is 0 Å². The number of hydrogen-bond donors (Lipinski definition) is 1. The maximum Gasteiger partial charge on any atom is 0.150 e. The van der Waals surface area contributed by atoms with Crippen LogP contribution in [0.2, 0.25) is 0 Å². The lowest BCUT2D eigenvalue weighted by atomic mass is 10.0. The summed E-state index contributed by atoms with van der Waals surface area (Å²) >= 11 is 0. The highest BCUT2D eigenvalue weighted by molar-refractivity contribution is 6.08. The average Bonchev–Trinajstić information content (AvgIpc) is 2.51. The van der Waals surface area contributed by atoms with Gasteiger partial charge in [0, 0.05) is 11.1 Å². The van der Waals surface area contributed by atoms with E-state index in [2.05, 4.69) is 0 Å². The highest BCUT2D eigenvalue weighted by atomic mass is 19.1. The van der Waals surface area contributed by atoms with E-state index in [-0.39, 0.29) is 16.9 Å². The van der Waals surface area contributed by atoms with E-state index in [0.717, 1.165) is 23.4 Å². The van der Waals surface area contributed by atoms with Crippen molar-refractivity contribution in [3.8, 4) is 11.5 Å². The fourth-order valence-corrected chi connectivity index (χ4v) is 1.95. The number of carbonyl (C=O) groups excluding carboxylic acids is 1. The van der Waals surface area contributed by atoms with Crippen LogP contribution in [0.3, 0.4) is 0 Å². The van der Waals surface area contributed by atoms with E-state index in [4.69, 9.17) is 4.74 Å². The number of rotatable bonds is 5. The Morgan fingerprint density at radius 2 is 1.95 bits per heavy atom. The maximum absolute atomic E-state index is 13.2. The molecule has 0 aliphatic carbocycles. The first-order valence-corrected chi connectivity index (χ1v) is 6.41. The number of benzene rings is 2. The van der Waals surface area contributed by atoms with E-state index in [0.29, 0.717) is 12.7 Å². The van der Waals surface area contributed by atoms with Crippen molar-refractivity contribution in [1.29, 1.82) is 0 Å². The Hall–Kier alpha value is -2.62. The van der Waals surface area contributed by atoms with Gasteiger partial charge in [-0.25, -0.2) is 4.39 Å². The van der Waals surface area contributed by atoms with Gasteiger partial charge in [0.05, 0.1) is 7.11 Å². The molecule has 3 nitrogen and oxygen atoms in total. The zero-order valence-electron chi connectivity index (χ0n) is 11.5. The van der Waals surface area contributed by atoms with Gasteiger partial charge in [-0.05, 0) is 42.3 Å². The molecule has 2 rings (SSSR count). The number of carbonyl (C=O) groups is 1. The summed E-state index contributed by atoms with van der Waals surface area (Å²) in [6, 6.07) is 10.9. The quantitative estimate of drug-likeness (QED) is 0.677. The molecule has 0 aliphatic heterocycles. The first-order chi connectivity index (χ1) is 10.1. The van der Waals surface area contributed by atoms with E-state index in [1.54, 1.807) is 13.2 Å². The Labute approximate surface area is 122 Å². The second-order valence-corrected chi connectivity index (χ2v) is 4.49. The Morgan fingerprint density at radius 3 is 2.57 bits per heavy atom. The third kappa shape index (κ3) is 3.69. The Balaban J connectivity index is 2.23. The van der Waals surface area contributed by atoms with E-state index >= 15 is 0 Å². The number of aldehydes is 1. The molecule has 0 spiro atoms. The van der Waals surface area contributed by atoms with Crippen LogP contribution in [0.5, 0.6) is 11.5 Å².